The second-order valence-electron chi connectivity index (χ2n) is 2.02. The molecule has 7 nitrogen and oxygen atoms in total. The maximum atomic E-state index is 11.5. The number of hydrogen-bond donors (Lipinski definition) is 1. The Kier molecular flexibility index (Phi) is 6.09. The molecule has 1 atom stereocenters. The van der Waals surface area contributed by atoms with Crippen molar-refractivity contribution in [3.8, 4) is 0 Å². The van der Waals surface area contributed by atoms with Gasteiger partial charge in [0.1, 0.15) is 0 Å². The van der Waals surface area contributed by atoms with Gasteiger partial charge in [-0.2, -0.15) is 4.31 Å². The van der Waals surface area contributed by atoms with Crippen molar-refractivity contribution in [2.45, 2.75) is 13.8 Å². The lowest BCUT2D eigenvalue weighted by atomic mass is 10.9. The number of hydrogen-bond acceptors (Lipinski definition) is 6. The van der Waals surface area contributed by atoms with Crippen LogP contribution >= 0.6 is 15.6 Å². The van der Waals surface area contributed by atoms with E-state index in [9.17, 15) is 9.13 Å². The van der Waals surface area contributed by atoms with Gasteiger partial charge in [0, 0.05) is 7.11 Å². The molecule has 1 N–H and O–H groups in total. The molecular weight excluding hydrogens is 234 g/mol. The van der Waals surface area contributed by atoms with Crippen molar-refractivity contribution < 1.29 is 31.9 Å². The van der Waals surface area contributed by atoms with E-state index in [-0.39, 0.29) is 13.2 Å². The molecule has 0 bridgehead atoms. The van der Waals surface area contributed by atoms with Gasteiger partial charge < -0.3 is 4.89 Å². The van der Waals surface area contributed by atoms with Crippen LogP contribution in [0.2, 0.25) is 0 Å². The van der Waals surface area contributed by atoms with Crippen molar-refractivity contribution in [3.05, 3.63) is 0 Å². The zero-order valence-electron chi connectivity index (χ0n) is 8.21. The van der Waals surface area contributed by atoms with Gasteiger partial charge in [0.25, 0.3) is 0 Å². The third-order valence-electron chi connectivity index (χ3n) is 1.01. The van der Waals surface area contributed by atoms with Crippen LogP contribution in [0.25, 0.3) is 0 Å². The van der Waals surface area contributed by atoms with Crippen molar-refractivity contribution in [1.82, 2.24) is 0 Å². The van der Waals surface area contributed by atoms with Gasteiger partial charge in [-0.1, -0.05) is 0 Å². The molecule has 0 aromatic carbocycles. The summed E-state index contributed by atoms with van der Waals surface area (Å²) in [6.07, 6.45) is 0. The van der Waals surface area contributed by atoms with Gasteiger partial charge in [0.05, 0.1) is 13.2 Å². The third-order valence-corrected chi connectivity index (χ3v) is 4.24. The van der Waals surface area contributed by atoms with Crippen LogP contribution in [0.5, 0.6) is 0 Å². The Morgan fingerprint density at radius 2 is 1.57 bits per heavy atom. The van der Waals surface area contributed by atoms with Crippen LogP contribution in [0.1, 0.15) is 13.8 Å². The van der Waals surface area contributed by atoms with Crippen LogP contribution in [0.4, 0.5) is 0 Å². The molecule has 0 saturated heterocycles. The molecule has 0 radical (unpaired) electrons. The molecule has 14 heavy (non-hydrogen) atoms. The van der Waals surface area contributed by atoms with E-state index in [2.05, 4.69) is 17.9 Å². The van der Waals surface area contributed by atoms with Gasteiger partial charge in [-0.3, -0.25) is 13.6 Å². The number of rotatable bonds is 7. The lowest BCUT2D eigenvalue weighted by Gasteiger charge is -2.17. The molecule has 0 saturated carbocycles. The zero-order valence-corrected chi connectivity index (χ0v) is 9.99. The Hall–Kier alpha value is 0.260. The highest BCUT2D eigenvalue weighted by Crippen LogP contribution is 2.62. The van der Waals surface area contributed by atoms with E-state index >= 15 is 0 Å². The highest BCUT2D eigenvalue weighted by Gasteiger charge is 2.36. The minimum Gasteiger partial charge on any atom is -0.302 e. The Bertz CT molecular complexity index is 242. The van der Waals surface area contributed by atoms with Crippen LogP contribution in [0.15, 0.2) is 0 Å². The van der Waals surface area contributed by atoms with Crippen molar-refractivity contribution in [2.75, 3.05) is 20.3 Å². The quantitative estimate of drug-likeness (QED) is 0.688. The minimum absolute atomic E-state index is 0.0288. The number of phosphoric ester groups is 2. The highest BCUT2D eigenvalue weighted by molar-refractivity contribution is 7.61. The standard InChI is InChI=1S/C5H14O7P2/c1-4-10-14(8,11-5-2)12-13(6,7)9-3/h4-5H2,1-3H3,(H,6,7). The zero-order chi connectivity index (χ0) is 11.2. The van der Waals surface area contributed by atoms with Crippen LogP contribution in [-0.2, 0) is 27.0 Å². The van der Waals surface area contributed by atoms with Crippen LogP contribution in [-0.4, -0.2) is 25.2 Å². The summed E-state index contributed by atoms with van der Waals surface area (Å²) in [5.74, 6) is 0. The predicted molar refractivity (Wildman–Crippen MR) is 48.8 cm³/mol. The molecule has 0 rings (SSSR count). The van der Waals surface area contributed by atoms with E-state index in [1.54, 1.807) is 13.8 Å². The SMILES string of the molecule is CCOP(=O)(OCC)OP(=O)(O)OC. The first-order valence-corrected chi connectivity index (χ1v) is 6.83. The average Bonchev–Trinajstić information content (AvgIpc) is 2.03. The summed E-state index contributed by atoms with van der Waals surface area (Å²) < 4.78 is 40.0. The van der Waals surface area contributed by atoms with E-state index in [4.69, 9.17) is 4.89 Å². The highest BCUT2D eigenvalue weighted by atomic mass is 31.3. The predicted octanol–water partition coefficient (Wildman–Crippen LogP) is 1.93. The molecular formula is C5H14O7P2. The van der Waals surface area contributed by atoms with Crippen molar-refractivity contribution in [1.29, 1.82) is 0 Å². The summed E-state index contributed by atoms with van der Waals surface area (Å²) in [4.78, 5) is 8.89. The summed E-state index contributed by atoms with van der Waals surface area (Å²) in [5.41, 5.74) is 0. The molecule has 0 aliphatic rings. The monoisotopic (exact) mass is 248 g/mol. The van der Waals surface area contributed by atoms with Gasteiger partial charge in [-0.05, 0) is 13.8 Å². The lowest BCUT2D eigenvalue weighted by molar-refractivity contribution is 0.143. The summed E-state index contributed by atoms with van der Waals surface area (Å²) in [5, 5.41) is 0. The Labute approximate surface area is 82.5 Å². The molecule has 0 spiro atoms. The topological polar surface area (TPSA) is 91.3 Å². The Balaban J connectivity index is 4.52. The normalized spacial score (nSPS) is 16.6. The maximum absolute atomic E-state index is 11.5. The van der Waals surface area contributed by atoms with E-state index in [0.29, 0.717) is 0 Å². The third kappa shape index (κ3) is 5.22. The van der Waals surface area contributed by atoms with Gasteiger partial charge in [0.2, 0.25) is 0 Å². The van der Waals surface area contributed by atoms with Gasteiger partial charge in [0.15, 0.2) is 0 Å². The molecule has 0 fully saturated rings. The molecule has 0 heterocycles. The summed E-state index contributed by atoms with van der Waals surface area (Å²) >= 11 is 0. The van der Waals surface area contributed by atoms with Crippen molar-refractivity contribution in [2.24, 2.45) is 0 Å². The van der Waals surface area contributed by atoms with E-state index in [0.717, 1.165) is 7.11 Å². The Morgan fingerprint density at radius 1 is 1.14 bits per heavy atom. The lowest BCUT2D eigenvalue weighted by Crippen LogP contribution is -1.99. The maximum Gasteiger partial charge on any atom is 0.483 e. The fourth-order valence-corrected chi connectivity index (χ4v) is 2.92. The van der Waals surface area contributed by atoms with Gasteiger partial charge >= 0.3 is 15.6 Å². The second-order valence-corrected chi connectivity index (χ2v) is 5.38. The molecule has 9 heteroatoms. The largest absolute Gasteiger partial charge is 0.483 e. The summed E-state index contributed by atoms with van der Waals surface area (Å²) in [6.45, 7) is 3.15. The fourth-order valence-electron chi connectivity index (χ4n) is 0.560. The average molecular weight is 248 g/mol. The smallest absolute Gasteiger partial charge is 0.302 e. The molecule has 0 aromatic rings. The fraction of sp³-hybridized carbons (Fsp3) is 1.00. The van der Waals surface area contributed by atoms with Crippen LogP contribution in [0.3, 0.4) is 0 Å². The number of phosphoric acid groups is 2. The van der Waals surface area contributed by atoms with Crippen molar-refractivity contribution in [3.63, 3.8) is 0 Å². The first-order valence-electron chi connectivity index (χ1n) is 3.88. The first-order chi connectivity index (χ1) is 6.39. The minimum atomic E-state index is -4.37. The van der Waals surface area contributed by atoms with E-state index in [1.807, 2.05) is 0 Å². The van der Waals surface area contributed by atoms with Crippen molar-refractivity contribution >= 4 is 15.6 Å². The van der Waals surface area contributed by atoms with Gasteiger partial charge in [-0.25, -0.2) is 9.13 Å². The Morgan fingerprint density at radius 3 is 1.86 bits per heavy atom. The van der Waals surface area contributed by atoms with Crippen LogP contribution in [0, 0.1) is 0 Å². The molecule has 1 unspecified atom stereocenters. The summed E-state index contributed by atoms with van der Waals surface area (Å²) in [6, 6.07) is 0. The summed E-state index contributed by atoms with van der Waals surface area (Å²) in [7, 11) is -7.42. The molecule has 86 valence electrons. The molecule has 0 aliphatic carbocycles. The van der Waals surface area contributed by atoms with Gasteiger partial charge in [-0.15, -0.1) is 0 Å². The second kappa shape index (κ2) is 5.98. The molecule has 0 amide bonds. The van der Waals surface area contributed by atoms with E-state index < -0.39 is 15.6 Å². The van der Waals surface area contributed by atoms with E-state index in [1.165, 1.54) is 0 Å². The molecule has 0 aromatic heterocycles. The first kappa shape index (κ1) is 14.3. The van der Waals surface area contributed by atoms with Crippen LogP contribution < -0.4 is 0 Å². The molecule has 0 aliphatic heterocycles.